The highest BCUT2D eigenvalue weighted by Crippen LogP contribution is 2.26. The molecule has 0 aliphatic rings. The van der Waals surface area contributed by atoms with Gasteiger partial charge in [-0.3, -0.25) is 9.78 Å². The van der Waals surface area contributed by atoms with Crippen molar-refractivity contribution in [2.24, 2.45) is 0 Å². The highest BCUT2D eigenvalue weighted by atomic mass is 79.9. The predicted octanol–water partition coefficient (Wildman–Crippen LogP) is 3.99. The molecule has 1 heterocycles. The smallest absolute Gasteiger partial charge is 0.187 e. The van der Waals surface area contributed by atoms with E-state index in [1.165, 1.54) is 0 Å². The van der Waals surface area contributed by atoms with Crippen LogP contribution < -0.4 is 0 Å². The van der Waals surface area contributed by atoms with Gasteiger partial charge in [-0.25, -0.2) is 0 Å². The van der Waals surface area contributed by atoms with Gasteiger partial charge in [-0.05, 0) is 46.3 Å². The summed E-state index contributed by atoms with van der Waals surface area (Å²) in [6, 6.07) is 12.0. The van der Waals surface area contributed by atoms with E-state index in [2.05, 4.69) is 20.9 Å². The number of pyridine rings is 1. The minimum atomic E-state index is -0.918. The Morgan fingerprint density at radius 3 is 2.74 bits per heavy atom. The number of carbonyl (C=O) groups excluding carboxylic acids is 1. The lowest BCUT2D eigenvalue weighted by molar-refractivity contribution is 0.0977. The van der Waals surface area contributed by atoms with Crippen LogP contribution in [0.4, 0.5) is 0 Å². The summed E-state index contributed by atoms with van der Waals surface area (Å²) in [6.45, 7) is 0. The topological polar surface area (TPSA) is 53.8 Å². The third kappa shape index (κ3) is 3.01. The summed E-state index contributed by atoms with van der Waals surface area (Å²) < 4.78 is 0.571. The number of hydrogen-bond donors (Lipinski definition) is 0. The fourth-order valence-electron chi connectivity index (χ4n) is 1.65. The molecule has 94 valence electrons. The second kappa shape index (κ2) is 5.96. The van der Waals surface area contributed by atoms with Crippen LogP contribution in [-0.4, -0.2) is 10.8 Å². The van der Waals surface area contributed by atoms with Crippen molar-refractivity contribution in [1.82, 2.24) is 4.98 Å². The van der Waals surface area contributed by atoms with Crippen molar-refractivity contribution in [3.8, 4) is 6.07 Å². The van der Waals surface area contributed by atoms with Gasteiger partial charge in [0.15, 0.2) is 11.7 Å². The quantitative estimate of drug-likeness (QED) is 0.797. The van der Waals surface area contributed by atoms with Crippen LogP contribution in [0.1, 0.15) is 22.0 Å². The van der Waals surface area contributed by atoms with Crippen molar-refractivity contribution >= 4 is 33.3 Å². The summed E-state index contributed by atoms with van der Waals surface area (Å²) in [5, 5.41) is 9.73. The van der Waals surface area contributed by atoms with Crippen LogP contribution in [0.15, 0.2) is 47.1 Å². The van der Waals surface area contributed by atoms with Gasteiger partial charge in [-0.15, -0.1) is 0 Å². The summed E-state index contributed by atoms with van der Waals surface area (Å²) in [6.07, 6.45) is 1.56. The number of hydrogen-bond acceptors (Lipinski definition) is 3. The molecule has 0 radical (unpaired) electrons. The van der Waals surface area contributed by atoms with Crippen molar-refractivity contribution in [3.05, 3.63) is 63.3 Å². The average molecular weight is 336 g/mol. The summed E-state index contributed by atoms with van der Waals surface area (Å²) in [5.41, 5.74) is 0.860. The molecule has 0 aliphatic carbocycles. The van der Waals surface area contributed by atoms with Gasteiger partial charge in [0.1, 0.15) is 0 Å². The lowest BCUT2D eigenvalue weighted by atomic mass is 9.95. The SMILES string of the molecule is N#CC(C(=O)c1ccc(Cl)cc1Br)c1ccccn1. The molecule has 1 aromatic heterocycles. The third-order valence-electron chi connectivity index (χ3n) is 2.57. The van der Waals surface area contributed by atoms with E-state index in [0.29, 0.717) is 20.8 Å². The predicted molar refractivity (Wildman–Crippen MR) is 76.1 cm³/mol. The minimum Gasteiger partial charge on any atom is -0.292 e. The Hall–Kier alpha value is -1.70. The molecule has 0 saturated carbocycles. The first kappa shape index (κ1) is 13.7. The average Bonchev–Trinajstić information content (AvgIpc) is 2.40. The van der Waals surface area contributed by atoms with Crippen LogP contribution in [-0.2, 0) is 0 Å². The van der Waals surface area contributed by atoms with E-state index >= 15 is 0 Å². The zero-order valence-corrected chi connectivity index (χ0v) is 12.0. The Morgan fingerprint density at radius 2 is 2.16 bits per heavy atom. The first-order valence-electron chi connectivity index (χ1n) is 5.43. The molecule has 19 heavy (non-hydrogen) atoms. The van der Waals surface area contributed by atoms with Gasteiger partial charge in [0.05, 0.1) is 11.8 Å². The van der Waals surface area contributed by atoms with Gasteiger partial charge >= 0.3 is 0 Å². The number of nitriles is 1. The van der Waals surface area contributed by atoms with E-state index in [1.54, 1.807) is 42.6 Å². The van der Waals surface area contributed by atoms with Crippen LogP contribution >= 0.6 is 27.5 Å². The maximum atomic E-state index is 12.4. The van der Waals surface area contributed by atoms with Crippen molar-refractivity contribution < 1.29 is 4.79 Å². The first-order chi connectivity index (χ1) is 9.13. The van der Waals surface area contributed by atoms with E-state index in [0.717, 1.165) is 0 Å². The summed E-state index contributed by atoms with van der Waals surface area (Å²) in [4.78, 5) is 16.4. The second-order valence-electron chi connectivity index (χ2n) is 3.81. The van der Waals surface area contributed by atoms with Gasteiger partial charge in [0, 0.05) is 21.3 Å². The lowest BCUT2D eigenvalue weighted by Crippen LogP contribution is -2.13. The molecule has 0 spiro atoms. The molecule has 0 bridgehead atoms. The van der Waals surface area contributed by atoms with Gasteiger partial charge in [-0.1, -0.05) is 17.7 Å². The number of rotatable bonds is 3. The molecule has 0 fully saturated rings. The zero-order valence-electron chi connectivity index (χ0n) is 9.68. The molecule has 1 unspecified atom stereocenters. The normalized spacial score (nSPS) is 11.6. The van der Waals surface area contributed by atoms with Crippen LogP contribution in [0, 0.1) is 11.3 Å². The number of aromatic nitrogens is 1. The number of ketones is 1. The van der Waals surface area contributed by atoms with Crippen LogP contribution in [0.5, 0.6) is 0 Å². The van der Waals surface area contributed by atoms with Gasteiger partial charge in [0.2, 0.25) is 0 Å². The van der Waals surface area contributed by atoms with E-state index in [4.69, 9.17) is 11.6 Å². The Bertz CT molecular complexity index is 652. The third-order valence-corrected chi connectivity index (χ3v) is 3.46. The van der Waals surface area contributed by atoms with Crippen molar-refractivity contribution in [2.75, 3.05) is 0 Å². The molecule has 0 amide bonds. The lowest BCUT2D eigenvalue weighted by Gasteiger charge is -2.09. The Labute approximate surface area is 124 Å². The zero-order chi connectivity index (χ0) is 13.8. The molecule has 1 aromatic carbocycles. The van der Waals surface area contributed by atoms with Crippen LogP contribution in [0.2, 0.25) is 5.02 Å². The molecule has 0 saturated heterocycles. The summed E-state index contributed by atoms with van der Waals surface area (Å²) in [5.74, 6) is -1.22. The van der Waals surface area contributed by atoms with E-state index in [1.807, 2.05) is 6.07 Å². The number of halogens is 2. The number of Topliss-reactive ketones (excluding diaryl/α,β-unsaturated/α-hetero) is 1. The number of nitrogens with zero attached hydrogens (tertiary/aromatic N) is 2. The molecule has 0 N–H and O–H groups in total. The summed E-state index contributed by atoms with van der Waals surface area (Å²) in [7, 11) is 0. The number of benzene rings is 1. The number of carbonyl (C=O) groups is 1. The van der Waals surface area contributed by atoms with E-state index in [-0.39, 0.29) is 5.78 Å². The second-order valence-corrected chi connectivity index (χ2v) is 5.10. The van der Waals surface area contributed by atoms with Gasteiger partial charge in [-0.2, -0.15) is 5.26 Å². The van der Waals surface area contributed by atoms with Crippen LogP contribution in [0.3, 0.4) is 0 Å². The largest absolute Gasteiger partial charge is 0.292 e. The van der Waals surface area contributed by atoms with Crippen molar-refractivity contribution in [2.45, 2.75) is 5.92 Å². The molecule has 3 nitrogen and oxygen atoms in total. The molecular formula is C14H8BrClN2O. The van der Waals surface area contributed by atoms with Crippen molar-refractivity contribution in [3.63, 3.8) is 0 Å². The molecule has 1 atom stereocenters. The molecule has 0 aliphatic heterocycles. The fourth-order valence-corrected chi connectivity index (χ4v) is 2.53. The molecule has 2 rings (SSSR count). The monoisotopic (exact) mass is 334 g/mol. The minimum absolute atomic E-state index is 0.301. The standard InChI is InChI=1S/C14H8BrClN2O/c15-12-7-9(16)4-5-10(12)14(19)11(8-17)13-3-1-2-6-18-13/h1-7,11H. The fraction of sp³-hybridized carbons (Fsp3) is 0.0714. The highest BCUT2D eigenvalue weighted by molar-refractivity contribution is 9.10. The maximum absolute atomic E-state index is 12.4. The molecular weight excluding hydrogens is 328 g/mol. The Balaban J connectivity index is 2.40. The van der Waals surface area contributed by atoms with Crippen LogP contribution in [0.25, 0.3) is 0 Å². The highest BCUT2D eigenvalue weighted by Gasteiger charge is 2.24. The maximum Gasteiger partial charge on any atom is 0.187 e. The first-order valence-corrected chi connectivity index (χ1v) is 6.60. The molecule has 5 heteroatoms. The Kier molecular flexibility index (Phi) is 4.31. The van der Waals surface area contributed by atoms with Crippen molar-refractivity contribution in [1.29, 1.82) is 5.26 Å². The van der Waals surface area contributed by atoms with E-state index in [9.17, 15) is 10.1 Å². The van der Waals surface area contributed by atoms with E-state index < -0.39 is 5.92 Å². The van der Waals surface area contributed by atoms with Gasteiger partial charge in [0.25, 0.3) is 0 Å². The summed E-state index contributed by atoms with van der Waals surface area (Å²) >= 11 is 9.12. The molecule has 2 aromatic rings. The Morgan fingerprint density at radius 1 is 1.37 bits per heavy atom. The van der Waals surface area contributed by atoms with Gasteiger partial charge < -0.3 is 0 Å².